The summed E-state index contributed by atoms with van der Waals surface area (Å²) in [7, 11) is 0. The third-order valence-electron chi connectivity index (χ3n) is 2.18. The summed E-state index contributed by atoms with van der Waals surface area (Å²) in [6.07, 6.45) is 1.48. The number of aromatic amines is 1. The molecule has 0 atom stereocenters. The molecule has 0 fully saturated rings. The highest BCUT2D eigenvalue weighted by Gasteiger charge is 2.17. The standard InChI is InChI=1S/C11H8Cl2N4O/c1-17(10-3-2-7(12)6-8(10)13)16-11(18)9-4-5-14-15-9/h2-6H,1H2,(H-,14,15,16,18)/p+1. The van der Waals surface area contributed by atoms with Gasteiger partial charge in [0.2, 0.25) is 0 Å². The number of carbonyl (C=O) groups is 1. The Morgan fingerprint density at radius 1 is 1.39 bits per heavy atom. The molecule has 92 valence electrons. The lowest BCUT2D eigenvalue weighted by molar-refractivity contribution is -0.481. The number of rotatable bonds is 3. The van der Waals surface area contributed by atoms with Gasteiger partial charge in [-0.25, -0.2) is 0 Å². The Hall–Kier alpha value is -1.85. The number of aromatic nitrogens is 2. The van der Waals surface area contributed by atoms with Crippen LogP contribution >= 0.6 is 23.2 Å². The SMILES string of the molecule is C=[N+](NC(=O)c1ccn[nH]1)c1ccc(Cl)cc1Cl. The monoisotopic (exact) mass is 283 g/mol. The molecule has 18 heavy (non-hydrogen) atoms. The molecule has 0 aliphatic carbocycles. The van der Waals surface area contributed by atoms with Crippen LogP contribution in [-0.2, 0) is 0 Å². The highest BCUT2D eigenvalue weighted by atomic mass is 35.5. The van der Waals surface area contributed by atoms with Gasteiger partial charge in [-0.2, -0.15) is 5.10 Å². The molecule has 0 saturated carbocycles. The summed E-state index contributed by atoms with van der Waals surface area (Å²) in [6, 6.07) is 6.43. The summed E-state index contributed by atoms with van der Waals surface area (Å²) in [5.74, 6) is -0.367. The number of hydrazone groups is 1. The molecule has 7 heteroatoms. The molecule has 2 N–H and O–H groups in total. The van der Waals surface area contributed by atoms with E-state index in [9.17, 15) is 4.79 Å². The lowest BCUT2D eigenvalue weighted by atomic mass is 10.3. The van der Waals surface area contributed by atoms with Gasteiger partial charge in [0.25, 0.3) is 5.69 Å². The molecule has 0 unspecified atom stereocenters. The van der Waals surface area contributed by atoms with E-state index in [1.54, 1.807) is 24.3 Å². The smallest absolute Gasteiger partial charge is 0.273 e. The van der Waals surface area contributed by atoms with Crippen LogP contribution in [0.3, 0.4) is 0 Å². The third-order valence-corrected chi connectivity index (χ3v) is 2.72. The molecule has 2 aromatic rings. The van der Waals surface area contributed by atoms with Crippen molar-refractivity contribution in [1.29, 1.82) is 0 Å². The Balaban J connectivity index is 2.15. The zero-order valence-corrected chi connectivity index (χ0v) is 10.7. The van der Waals surface area contributed by atoms with E-state index in [1.807, 2.05) is 0 Å². The van der Waals surface area contributed by atoms with Gasteiger partial charge in [0.15, 0.2) is 6.72 Å². The Morgan fingerprint density at radius 2 is 2.17 bits per heavy atom. The van der Waals surface area contributed by atoms with Crippen molar-refractivity contribution in [3.8, 4) is 0 Å². The average molecular weight is 284 g/mol. The Kier molecular flexibility index (Phi) is 3.64. The summed E-state index contributed by atoms with van der Waals surface area (Å²) in [6.45, 7) is 3.69. The molecule has 5 nitrogen and oxygen atoms in total. The second-order valence-corrected chi connectivity index (χ2v) is 4.28. The molecular formula is C11H9Cl2N4O+. The first kappa shape index (κ1) is 12.6. The van der Waals surface area contributed by atoms with Crippen LogP contribution in [-0.4, -0.2) is 27.5 Å². The first-order chi connectivity index (χ1) is 8.58. The van der Waals surface area contributed by atoms with Crippen LogP contribution < -0.4 is 5.43 Å². The average Bonchev–Trinajstić information content (AvgIpc) is 2.81. The van der Waals surface area contributed by atoms with E-state index in [-0.39, 0.29) is 5.91 Å². The molecule has 0 saturated heterocycles. The van der Waals surface area contributed by atoms with Crippen LogP contribution in [0.1, 0.15) is 10.5 Å². The van der Waals surface area contributed by atoms with Crippen molar-refractivity contribution >= 4 is 41.5 Å². The van der Waals surface area contributed by atoms with Gasteiger partial charge in [0.05, 0.1) is 0 Å². The van der Waals surface area contributed by atoms with Crippen LogP contribution in [0, 0.1) is 0 Å². The molecule has 1 amide bonds. The molecule has 1 aromatic carbocycles. The maximum absolute atomic E-state index is 11.7. The van der Waals surface area contributed by atoms with Gasteiger partial charge in [-0.15, -0.1) is 5.43 Å². The van der Waals surface area contributed by atoms with Crippen LogP contribution in [0.2, 0.25) is 10.0 Å². The summed E-state index contributed by atoms with van der Waals surface area (Å²) >= 11 is 11.8. The van der Waals surface area contributed by atoms with Crippen LogP contribution in [0.5, 0.6) is 0 Å². The van der Waals surface area contributed by atoms with Gasteiger partial charge in [-0.1, -0.05) is 27.9 Å². The van der Waals surface area contributed by atoms with E-state index in [0.29, 0.717) is 21.4 Å². The maximum atomic E-state index is 11.7. The zero-order valence-electron chi connectivity index (χ0n) is 9.15. The molecular weight excluding hydrogens is 275 g/mol. The van der Waals surface area contributed by atoms with Crippen LogP contribution in [0.15, 0.2) is 30.5 Å². The first-order valence-corrected chi connectivity index (χ1v) is 5.69. The van der Waals surface area contributed by atoms with Crippen molar-refractivity contribution in [1.82, 2.24) is 15.6 Å². The second kappa shape index (κ2) is 5.20. The predicted molar refractivity (Wildman–Crippen MR) is 69.6 cm³/mol. The number of halogens is 2. The van der Waals surface area contributed by atoms with E-state index in [2.05, 4.69) is 22.3 Å². The number of hydrogen-bond donors (Lipinski definition) is 2. The van der Waals surface area contributed by atoms with Crippen molar-refractivity contribution in [3.63, 3.8) is 0 Å². The second-order valence-electron chi connectivity index (χ2n) is 3.44. The van der Waals surface area contributed by atoms with E-state index in [0.717, 1.165) is 0 Å². The lowest BCUT2D eigenvalue weighted by Gasteiger charge is -2.02. The van der Waals surface area contributed by atoms with Gasteiger partial charge in [0.1, 0.15) is 10.7 Å². The molecule has 0 spiro atoms. The fraction of sp³-hybridized carbons (Fsp3) is 0. The summed E-state index contributed by atoms with van der Waals surface area (Å²) < 4.78 is 1.27. The maximum Gasteiger partial charge on any atom is 0.323 e. The molecule has 0 aliphatic heterocycles. The summed E-state index contributed by atoms with van der Waals surface area (Å²) in [5.41, 5.74) is 3.41. The number of H-pyrrole nitrogens is 1. The van der Waals surface area contributed by atoms with Gasteiger partial charge >= 0.3 is 5.91 Å². The van der Waals surface area contributed by atoms with Crippen molar-refractivity contribution in [3.05, 3.63) is 46.2 Å². The van der Waals surface area contributed by atoms with E-state index >= 15 is 0 Å². The minimum absolute atomic E-state index is 0.328. The van der Waals surface area contributed by atoms with E-state index in [4.69, 9.17) is 23.2 Å². The first-order valence-electron chi connectivity index (χ1n) is 4.94. The largest absolute Gasteiger partial charge is 0.323 e. The molecule has 0 aliphatic rings. The van der Waals surface area contributed by atoms with Crippen molar-refractivity contribution in [2.45, 2.75) is 0 Å². The van der Waals surface area contributed by atoms with Crippen molar-refractivity contribution in [2.75, 3.05) is 0 Å². The van der Waals surface area contributed by atoms with Crippen molar-refractivity contribution < 1.29 is 9.48 Å². The van der Waals surface area contributed by atoms with Gasteiger partial charge < -0.3 is 0 Å². The summed E-state index contributed by atoms with van der Waals surface area (Å²) in [4.78, 5) is 11.7. The molecule has 0 radical (unpaired) electrons. The van der Waals surface area contributed by atoms with E-state index < -0.39 is 0 Å². The molecule has 1 heterocycles. The topological polar surface area (TPSA) is 60.8 Å². The molecule has 0 bridgehead atoms. The highest BCUT2D eigenvalue weighted by Crippen LogP contribution is 2.26. The summed E-state index contributed by atoms with van der Waals surface area (Å²) in [5, 5.41) is 7.13. The Labute approximate surface area is 113 Å². The van der Waals surface area contributed by atoms with Crippen LogP contribution in [0.4, 0.5) is 5.69 Å². The predicted octanol–water partition coefficient (Wildman–Crippen LogP) is 2.41. The Bertz CT molecular complexity index is 595. The minimum atomic E-state index is -0.367. The van der Waals surface area contributed by atoms with Gasteiger partial charge in [-0.3, -0.25) is 9.89 Å². The number of benzene rings is 1. The zero-order chi connectivity index (χ0) is 13.1. The molecule has 1 aromatic heterocycles. The number of hydrogen-bond acceptors (Lipinski definition) is 2. The fourth-order valence-corrected chi connectivity index (χ4v) is 1.84. The normalized spacial score (nSPS) is 10.1. The number of hydrazine groups is 1. The van der Waals surface area contributed by atoms with Crippen LogP contribution in [0.25, 0.3) is 0 Å². The van der Waals surface area contributed by atoms with Gasteiger partial charge in [0, 0.05) is 17.3 Å². The Morgan fingerprint density at radius 3 is 2.78 bits per heavy atom. The fourth-order valence-electron chi connectivity index (χ4n) is 1.33. The highest BCUT2D eigenvalue weighted by molar-refractivity contribution is 6.35. The van der Waals surface area contributed by atoms with Gasteiger partial charge in [-0.05, 0) is 18.2 Å². The minimum Gasteiger partial charge on any atom is -0.273 e. The van der Waals surface area contributed by atoms with E-state index in [1.165, 1.54) is 10.9 Å². The quantitative estimate of drug-likeness (QED) is 0.516. The number of nitrogens with one attached hydrogen (secondary N) is 2. The molecule has 2 rings (SSSR count). The third kappa shape index (κ3) is 2.69. The number of carbonyl (C=O) groups excluding carboxylic acids is 1. The number of nitrogens with zero attached hydrogens (tertiary/aromatic N) is 2. The van der Waals surface area contributed by atoms with Crippen molar-refractivity contribution in [2.24, 2.45) is 0 Å². The lowest BCUT2D eigenvalue weighted by Crippen LogP contribution is -2.31. The number of amides is 1.